The highest BCUT2D eigenvalue weighted by Crippen LogP contribution is 2.12. The zero-order chi connectivity index (χ0) is 12.8. The molecular formula is C12H22N4O. The van der Waals surface area contributed by atoms with Crippen molar-refractivity contribution in [3.63, 3.8) is 0 Å². The van der Waals surface area contributed by atoms with E-state index in [4.69, 9.17) is 5.73 Å². The van der Waals surface area contributed by atoms with E-state index in [0.717, 1.165) is 25.0 Å². The molecule has 5 nitrogen and oxygen atoms in total. The van der Waals surface area contributed by atoms with Crippen molar-refractivity contribution in [3.05, 3.63) is 11.8 Å². The number of nitrogens with one attached hydrogen (secondary N) is 2. The molecule has 1 aromatic rings. The summed E-state index contributed by atoms with van der Waals surface area (Å²) in [7, 11) is 0. The molecule has 0 aliphatic heterocycles. The summed E-state index contributed by atoms with van der Waals surface area (Å²) in [5, 5.41) is 9.55. The lowest BCUT2D eigenvalue weighted by Crippen LogP contribution is -2.21. The van der Waals surface area contributed by atoms with Gasteiger partial charge in [-0.25, -0.2) is 0 Å². The second-order valence-electron chi connectivity index (χ2n) is 4.73. The van der Waals surface area contributed by atoms with E-state index in [0.29, 0.717) is 5.82 Å². The van der Waals surface area contributed by atoms with Gasteiger partial charge in [0.2, 0.25) is 5.91 Å². The molecule has 5 heteroatoms. The fourth-order valence-electron chi connectivity index (χ4n) is 1.61. The molecule has 0 saturated heterocycles. The number of carbonyl (C=O) groups is 1. The average Bonchev–Trinajstić information content (AvgIpc) is 2.63. The van der Waals surface area contributed by atoms with Gasteiger partial charge in [-0.05, 0) is 26.7 Å². The van der Waals surface area contributed by atoms with Gasteiger partial charge in [0.1, 0.15) is 0 Å². The summed E-state index contributed by atoms with van der Waals surface area (Å²) in [6.45, 7) is 5.81. The number of carbonyl (C=O) groups excluding carboxylic acids is 1. The lowest BCUT2D eigenvalue weighted by molar-refractivity contribution is -0.119. The summed E-state index contributed by atoms with van der Waals surface area (Å²) < 4.78 is 0. The predicted molar refractivity (Wildman–Crippen MR) is 68.6 cm³/mol. The zero-order valence-corrected chi connectivity index (χ0v) is 10.8. The van der Waals surface area contributed by atoms with Crippen LogP contribution in [0.3, 0.4) is 0 Å². The fraction of sp³-hybridized carbons (Fsp3) is 0.667. The summed E-state index contributed by atoms with van der Waals surface area (Å²) in [6, 6.07) is 2.02. The van der Waals surface area contributed by atoms with Gasteiger partial charge in [-0.1, -0.05) is 13.3 Å². The molecule has 0 aliphatic rings. The number of aromatic nitrogens is 2. The van der Waals surface area contributed by atoms with Crippen molar-refractivity contribution in [2.24, 2.45) is 11.7 Å². The number of aromatic amines is 1. The molecule has 0 aromatic carbocycles. The van der Waals surface area contributed by atoms with Gasteiger partial charge in [-0.2, -0.15) is 5.10 Å². The summed E-state index contributed by atoms with van der Waals surface area (Å²) in [4.78, 5) is 11.8. The molecule has 0 aliphatic carbocycles. The smallest absolute Gasteiger partial charge is 0.228 e. The number of hydrogen-bond acceptors (Lipinski definition) is 3. The number of aryl methyl sites for hydroxylation is 1. The third-order valence-electron chi connectivity index (χ3n) is 2.70. The number of anilines is 1. The minimum atomic E-state index is -0.00856. The van der Waals surface area contributed by atoms with Gasteiger partial charge in [0.15, 0.2) is 5.82 Å². The van der Waals surface area contributed by atoms with Crippen LogP contribution in [0.2, 0.25) is 0 Å². The molecule has 1 amide bonds. The second kappa shape index (κ2) is 6.39. The minimum Gasteiger partial charge on any atom is -0.328 e. The third kappa shape index (κ3) is 4.99. The molecule has 2 atom stereocenters. The first-order valence-corrected chi connectivity index (χ1v) is 6.07. The van der Waals surface area contributed by atoms with Crippen molar-refractivity contribution >= 4 is 11.7 Å². The van der Waals surface area contributed by atoms with Crippen LogP contribution in [0, 0.1) is 12.8 Å². The Hall–Kier alpha value is -1.36. The van der Waals surface area contributed by atoms with E-state index in [-0.39, 0.29) is 17.9 Å². The molecule has 0 spiro atoms. The molecule has 0 saturated carbocycles. The Balaban J connectivity index is 2.32. The van der Waals surface area contributed by atoms with Crippen LogP contribution in [0.1, 0.15) is 38.8 Å². The van der Waals surface area contributed by atoms with Gasteiger partial charge in [0, 0.05) is 23.7 Å². The van der Waals surface area contributed by atoms with Crippen LogP contribution in [0.15, 0.2) is 6.07 Å². The Morgan fingerprint density at radius 3 is 2.76 bits per heavy atom. The van der Waals surface area contributed by atoms with Crippen LogP contribution in [0.4, 0.5) is 5.82 Å². The summed E-state index contributed by atoms with van der Waals surface area (Å²) in [5.74, 6) is 0.596. The topological polar surface area (TPSA) is 83.8 Å². The summed E-state index contributed by atoms with van der Waals surface area (Å²) in [5.41, 5.74) is 6.60. The number of amides is 1. The Kier molecular flexibility index (Phi) is 5.15. The van der Waals surface area contributed by atoms with Crippen molar-refractivity contribution in [1.82, 2.24) is 10.2 Å². The maximum atomic E-state index is 11.8. The van der Waals surface area contributed by atoms with Crippen molar-refractivity contribution in [1.29, 1.82) is 0 Å². The number of rotatable bonds is 6. The molecule has 2 unspecified atom stereocenters. The SMILES string of the molecule is Cc1cc(NC(=O)C(C)CCCC(C)N)n[nH]1. The van der Waals surface area contributed by atoms with Crippen molar-refractivity contribution < 1.29 is 4.79 Å². The van der Waals surface area contributed by atoms with Gasteiger partial charge in [0.05, 0.1) is 0 Å². The highest BCUT2D eigenvalue weighted by Gasteiger charge is 2.13. The first-order valence-electron chi connectivity index (χ1n) is 6.07. The predicted octanol–water partition coefficient (Wildman–Crippen LogP) is 1.81. The normalized spacial score (nSPS) is 14.4. The van der Waals surface area contributed by atoms with E-state index < -0.39 is 0 Å². The molecule has 0 fully saturated rings. The largest absolute Gasteiger partial charge is 0.328 e. The van der Waals surface area contributed by atoms with Crippen LogP contribution in [-0.2, 0) is 4.79 Å². The maximum absolute atomic E-state index is 11.8. The Labute approximate surface area is 102 Å². The van der Waals surface area contributed by atoms with E-state index in [2.05, 4.69) is 15.5 Å². The van der Waals surface area contributed by atoms with Crippen LogP contribution in [-0.4, -0.2) is 22.1 Å². The number of nitrogens with zero attached hydrogens (tertiary/aromatic N) is 1. The molecular weight excluding hydrogens is 216 g/mol. The van der Waals surface area contributed by atoms with Crippen molar-refractivity contribution in [2.75, 3.05) is 5.32 Å². The van der Waals surface area contributed by atoms with E-state index in [1.165, 1.54) is 0 Å². The molecule has 96 valence electrons. The second-order valence-corrected chi connectivity index (χ2v) is 4.73. The Morgan fingerprint density at radius 1 is 1.53 bits per heavy atom. The molecule has 0 bridgehead atoms. The average molecular weight is 238 g/mol. The highest BCUT2D eigenvalue weighted by molar-refractivity contribution is 5.91. The first kappa shape index (κ1) is 13.7. The molecule has 1 aromatic heterocycles. The van der Waals surface area contributed by atoms with E-state index in [1.807, 2.05) is 26.8 Å². The van der Waals surface area contributed by atoms with Crippen molar-refractivity contribution in [2.45, 2.75) is 46.1 Å². The number of hydrogen-bond donors (Lipinski definition) is 3. The molecule has 0 radical (unpaired) electrons. The van der Waals surface area contributed by atoms with Gasteiger partial charge < -0.3 is 11.1 Å². The lowest BCUT2D eigenvalue weighted by Gasteiger charge is -2.11. The standard InChI is InChI=1S/C12H22N4O/c1-8(5-4-6-9(2)13)12(17)14-11-7-10(3)15-16-11/h7-9H,4-6,13H2,1-3H3,(H2,14,15,16,17). The Morgan fingerprint density at radius 2 is 2.24 bits per heavy atom. The van der Waals surface area contributed by atoms with E-state index in [1.54, 1.807) is 0 Å². The monoisotopic (exact) mass is 238 g/mol. The van der Waals surface area contributed by atoms with E-state index in [9.17, 15) is 4.79 Å². The number of nitrogens with two attached hydrogens (primary N) is 1. The van der Waals surface area contributed by atoms with Crippen LogP contribution in [0.25, 0.3) is 0 Å². The molecule has 4 N–H and O–H groups in total. The number of H-pyrrole nitrogens is 1. The zero-order valence-electron chi connectivity index (χ0n) is 10.8. The van der Waals surface area contributed by atoms with Gasteiger partial charge in [-0.15, -0.1) is 0 Å². The molecule has 1 rings (SSSR count). The van der Waals surface area contributed by atoms with Gasteiger partial charge >= 0.3 is 0 Å². The minimum absolute atomic E-state index is 0.00856. The Bertz CT molecular complexity index is 359. The lowest BCUT2D eigenvalue weighted by atomic mass is 10.0. The quantitative estimate of drug-likeness (QED) is 0.706. The molecule has 17 heavy (non-hydrogen) atoms. The molecule has 1 heterocycles. The highest BCUT2D eigenvalue weighted by atomic mass is 16.1. The summed E-state index contributed by atoms with van der Waals surface area (Å²) in [6.07, 6.45) is 2.79. The van der Waals surface area contributed by atoms with Crippen LogP contribution < -0.4 is 11.1 Å². The van der Waals surface area contributed by atoms with E-state index >= 15 is 0 Å². The first-order chi connectivity index (χ1) is 7.99. The maximum Gasteiger partial charge on any atom is 0.228 e. The summed E-state index contributed by atoms with van der Waals surface area (Å²) >= 11 is 0. The van der Waals surface area contributed by atoms with Crippen LogP contribution >= 0.6 is 0 Å². The third-order valence-corrected chi connectivity index (χ3v) is 2.70. The van der Waals surface area contributed by atoms with Crippen molar-refractivity contribution in [3.8, 4) is 0 Å². The van der Waals surface area contributed by atoms with Gasteiger partial charge in [-0.3, -0.25) is 9.89 Å². The van der Waals surface area contributed by atoms with Gasteiger partial charge in [0.25, 0.3) is 0 Å². The van der Waals surface area contributed by atoms with Crippen LogP contribution in [0.5, 0.6) is 0 Å². The fourth-order valence-corrected chi connectivity index (χ4v) is 1.61.